The Morgan fingerprint density at radius 3 is 3.00 bits per heavy atom. The summed E-state index contributed by atoms with van der Waals surface area (Å²) in [7, 11) is 0. The highest BCUT2D eigenvalue weighted by molar-refractivity contribution is 7.15. The van der Waals surface area contributed by atoms with Crippen LogP contribution >= 0.6 is 11.3 Å². The summed E-state index contributed by atoms with van der Waals surface area (Å²) in [6.45, 7) is 0. The van der Waals surface area contributed by atoms with Gasteiger partial charge >= 0.3 is 0 Å². The van der Waals surface area contributed by atoms with Crippen LogP contribution in [0.4, 0.5) is 11.1 Å². The quantitative estimate of drug-likeness (QED) is 0.894. The van der Waals surface area contributed by atoms with Gasteiger partial charge in [-0.2, -0.15) is 5.26 Å². The van der Waals surface area contributed by atoms with Crippen molar-refractivity contribution in [3.8, 4) is 6.07 Å². The molecule has 0 amide bonds. The second-order valence-electron chi connectivity index (χ2n) is 4.10. The Balaban J connectivity index is 1.83. The summed E-state index contributed by atoms with van der Waals surface area (Å²) in [5.41, 5.74) is 1.55. The predicted octanol–water partition coefficient (Wildman–Crippen LogP) is 2.43. The van der Waals surface area contributed by atoms with Crippen molar-refractivity contribution in [3.05, 3.63) is 28.5 Å². The summed E-state index contributed by atoms with van der Waals surface area (Å²) in [6, 6.07) is 3.58. The number of nitriles is 1. The average Bonchev–Trinajstić information content (AvgIpc) is 2.81. The molecule has 0 atom stereocenters. The molecule has 0 saturated carbocycles. The van der Waals surface area contributed by atoms with E-state index in [1.165, 1.54) is 23.4 Å². The van der Waals surface area contributed by atoms with Crippen molar-refractivity contribution in [2.24, 2.45) is 0 Å². The molecule has 0 fully saturated rings. The molecular formula is C12H11N5S. The SMILES string of the molecule is N#Cc1ccnc(Nc2nc3c(s2)CCCC3)n1. The van der Waals surface area contributed by atoms with Gasteiger partial charge in [0, 0.05) is 11.1 Å². The number of fused-ring (bicyclic) bond motifs is 1. The van der Waals surface area contributed by atoms with E-state index in [1.54, 1.807) is 23.6 Å². The Kier molecular flexibility index (Phi) is 2.90. The van der Waals surface area contributed by atoms with Gasteiger partial charge in [-0.15, -0.1) is 11.3 Å². The fraction of sp³-hybridized carbons (Fsp3) is 0.333. The van der Waals surface area contributed by atoms with Gasteiger partial charge in [0.15, 0.2) is 5.13 Å². The third kappa shape index (κ3) is 2.17. The molecule has 5 nitrogen and oxygen atoms in total. The van der Waals surface area contributed by atoms with E-state index in [0.717, 1.165) is 18.0 Å². The molecular weight excluding hydrogens is 246 g/mol. The lowest BCUT2D eigenvalue weighted by molar-refractivity contribution is 0.683. The lowest BCUT2D eigenvalue weighted by Crippen LogP contribution is -2.00. The minimum absolute atomic E-state index is 0.355. The predicted molar refractivity (Wildman–Crippen MR) is 68.8 cm³/mol. The monoisotopic (exact) mass is 257 g/mol. The first kappa shape index (κ1) is 11.1. The standard InChI is InChI=1S/C12H11N5S/c13-7-8-5-6-14-11(15-8)17-12-16-9-3-1-2-4-10(9)18-12/h5-6H,1-4H2,(H,14,15,16,17). The minimum Gasteiger partial charge on any atom is -0.300 e. The summed E-state index contributed by atoms with van der Waals surface area (Å²) in [5.74, 6) is 0.431. The molecule has 1 aliphatic rings. The zero-order valence-corrected chi connectivity index (χ0v) is 10.5. The zero-order chi connectivity index (χ0) is 12.4. The Bertz CT molecular complexity index is 590. The van der Waals surface area contributed by atoms with E-state index in [9.17, 15) is 0 Å². The van der Waals surface area contributed by atoms with Crippen molar-refractivity contribution >= 4 is 22.4 Å². The van der Waals surface area contributed by atoms with Gasteiger partial charge in [-0.05, 0) is 31.7 Å². The highest BCUT2D eigenvalue weighted by Gasteiger charge is 2.15. The van der Waals surface area contributed by atoms with Gasteiger partial charge in [-0.25, -0.2) is 15.0 Å². The van der Waals surface area contributed by atoms with Crippen LogP contribution < -0.4 is 5.32 Å². The highest BCUT2D eigenvalue weighted by atomic mass is 32.1. The van der Waals surface area contributed by atoms with Gasteiger partial charge in [0.05, 0.1) is 5.69 Å². The Morgan fingerprint density at radius 1 is 1.28 bits per heavy atom. The first-order valence-corrected chi connectivity index (χ1v) is 6.65. The Hall–Kier alpha value is -2.00. The van der Waals surface area contributed by atoms with E-state index in [2.05, 4.69) is 20.3 Å². The molecule has 1 aliphatic carbocycles. The highest BCUT2D eigenvalue weighted by Crippen LogP contribution is 2.30. The van der Waals surface area contributed by atoms with Crippen molar-refractivity contribution in [2.45, 2.75) is 25.7 Å². The van der Waals surface area contributed by atoms with Gasteiger partial charge in [-0.1, -0.05) is 0 Å². The van der Waals surface area contributed by atoms with Crippen LogP contribution in [-0.2, 0) is 12.8 Å². The zero-order valence-electron chi connectivity index (χ0n) is 9.68. The van der Waals surface area contributed by atoms with E-state index < -0.39 is 0 Å². The maximum Gasteiger partial charge on any atom is 0.230 e. The number of aryl methyl sites for hydroxylation is 2. The largest absolute Gasteiger partial charge is 0.300 e. The number of thiazole rings is 1. The van der Waals surface area contributed by atoms with Crippen molar-refractivity contribution < 1.29 is 0 Å². The number of nitrogens with one attached hydrogen (secondary N) is 1. The fourth-order valence-electron chi connectivity index (χ4n) is 1.98. The molecule has 2 aromatic heterocycles. The van der Waals surface area contributed by atoms with Crippen molar-refractivity contribution in [1.82, 2.24) is 15.0 Å². The molecule has 0 saturated heterocycles. The van der Waals surface area contributed by atoms with Crippen molar-refractivity contribution in [1.29, 1.82) is 5.26 Å². The van der Waals surface area contributed by atoms with E-state index in [1.807, 2.05) is 6.07 Å². The third-order valence-corrected chi connectivity index (χ3v) is 3.91. The molecule has 6 heteroatoms. The molecule has 0 spiro atoms. The fourth-order valence-corrected chi connectivity index (χ4v) is 3.03. The number of hydrogen-bond acceptors (Lipinski definition) is 6. The molecule has 0 radical (unpaired) electrons. The normalized spacial score (nSPS) is 13.7. The van der Waals surface area contributed by atoms with E-state index >= 15 is 0 Å². The second kappa shape index (κ2) is 4.70. The van der Waals surface area contributed by atoms with E-state index in [4.69, 9.17) is 5.26 Å². The number of hydrogen-bond donors (Lipinski definition) is 1. The maximum atomic E-state index is 8.78. The molecule has 3 rings (SSSR count). The van der Waals surface area contributed by atoms with E-state index in [-0.39, 0.29) is 0 Å². The first-order chi connectivity index (χ1) is 8.85. The van der Waals surface area contributed by atoms with Crippen LogP contribution in [0.1, 0.15) is 29.1 Å². The molecule has 0 aliphatic heterocycles. The molecule has 2 aromatic rings. The Labute approximate surface area is 109 Å². The first-order valence-electron chi connectivity index (χ1n) is 5.84. The van der Waals surface area contributed by atoms with Gasteiger partial charge < -0.3 is 0 Å². The summed E-state index contributed by atoms with van der Waals surface area (Å²) in [5, 5.41) is 12.7. The summed E-state index contributed by atoms with van der Waals surface area (Å²) in [6.07, 6.45) is 6.22. The van der Waals surface area contributed by atoms with Crippen LogP contribution in [-0.4, -0.2) is 15.0 Å². The molecule has 0 unspecified atom stereocenters. The molecule has 0 bridgehead atoms. The van der Waals surface area contributed by atoms with Gasteiger partial charge in [-0.3, -0.25) is 5.32 Å². The lowest BCUT2D eigenvalue weighted by Gasteiger charge is -2.06. The number of aromatic nitrogens is 3. The molecule has 0 aromatic carbocycles. The summed E-state index contributed by atoms with van der Waals surface area (Å²) in [4.78, 5) is 14.1. The van der Waals surface area contributed by atoms with Crippen molar-refractivity contribution in [2.75, 3.05) is 5.32 Å². The third-order valence-electron chi connectivity index (χ3n) is 2.83. The summed E-state index contributed by atoms with van der Waals surface area (Å²) < 4.78 is 0. The van der Waals surface area contributed by atoms with Crippen molar-refractivity contribution in [3.63, 3.8) is 0 Å². The lowest BCUT2D eigenvalue weighted by atomic mass is 10.0. The Morgan fingerprint density at radius 2 is 2.17 bits per heavy atom. The van der Waals surface area contributed by atoms with Gasteiger partial charge in [0.2, 0.25) is 5.95 Å². The topological polar surface area (TPSA) is 74.5 Å². The van der Waals surface area contributed by atoms with Gasteiger partial charge in [0.25, 0.3) is 0 Å². The summed E-state index contributed by atoms with van der Waals surface area (Å²) >= 11 is 1.66. The maximum absolute atomic E-state index is 8.78. The number of nitrogens with zero attached hydrogens (tertiary/aromatic N) is 4. The van der Waals surface area contributed by atoms with Crippen LogP contribution in [0.5, 0.6) is 0 Å². The van der Waals surface area contributed by atoms with Crippen LogP contribution in [0.15, 0.2) is 12.3 Å². The second-order valence-corrected chi connectivity index (χ2v) is 5.18. The molecule has 1 N–H and O–H groups in total. The van der Waals surface area contributed by atoms with Crippen LogP contribution in [0.25, 0.3) is 0 Å². The molecule has 90 valence electrons. The van der Waals surface area contributed by atoms with Crippen LogP contribution in [0, 0.1) is 11.3 Å². The smallest absolute Gasteiger partial charge is 0.230 e. The number of anilines is 2. The van der Waals surface area contributed by atoms with Gasteiger partial charge in [0.1, 0.15) is 11.8 Å². The number of rotatable bonds is 2. The van der Waals surface area contributed by atoms with E-state index in [0.29, 0.717) is 11.6 Å². The average molecular weight is 257 g/mol. The molecule has 18 heavy (non-hydrogen) atoms. The van der Waals surface area contributed by atoms with Crippen LogP contribution in [0.3, 0.4) is 0 Å². The molecule has 2 heterocycles. The minimum atomic E-state index is 0.355. The van der Waals surface area contributed by atoms with Crippen LogP contribution in [0.2, 0.25) is 0 Å².